The average Bonchev–Trinajstić information content (AvgIpc) is 2.45. The molecule has 0 unspecified atom stereocenters. The van der Waals surface area contributed by atoms with E-state index in [1.165, 1.54) is 0 Å². The molecule has 0 saturated heterocycles. The molecule has 0 spiro atoms. The van der Waals surface area contributed by atoms with Gasteiger partial charge in [0, 0.05) is 5.69 Å². The van der Waals surface area contributed by atoms with E-state index >= 15 is 0 Å². The SMILES string of the molecule is Cc1cccc(-n2nc(C)nc2C)n1. The molecule has 0 aromatic carbocycles. The number of nitrogens with zero attached hydrogens (tertiary/aromatic N) is 4. The molecule has 0 saturated carbocycles. The molecule has 0 atom stereocenters. The second kappa shape index (κ2) is 3.21. The fraction of sp³-hybridized carbons (Fsp3) is 0.300. The van der Waals surface area contributed by atoms with E-state index in [4.69, 9.17) is 0 Å². The van der Waals surface area contributed by atoms with E-state index in [9.17, 15) is 0 Å². The molecule has 0 aliphatic carbocycles. The summed E-state index contributed by atoms with van der Waals surface area (Å²) in [4.78, 5) is 8.61. The molecule has 0 amide bonds. The first-order valence-corrected chi connectivity index (χ1v) is 4.51. The van der Waals surface area contributed by atoms with Crippen LogP contribution in [0.2, 0.25) is 0 Å². The Hall–Kier alpha value is -1.71. The van der Waals surface area contributed by atoms with Crippen molar-refractivity contribution in [3.05, 3.63) is 35.5 Å². The Kier molecular flexibility index (Phi) is 2.04. The van der Waals surface area contributed by atoms with Crippen molar-refractivity contribution < 1.29 is 0 Å². The van der Waals surface area contributed by atoms with Crippen molar-refractivity contribution in [1.82, 2.24) is 19.7 Å². The standard InChI is InChI=1S/C10H12N4/c1-7-5-4-6-10(11-7)14-9(3)12-8(2)13-14/h4-6H,1-3H3. The summed E-state index contributed by atoms with van der Waals surface area (Å²) in [5.41, 5.74) is 0.982. The van der Waals surface area contributed by atoms with Gasteiger partial charge in [-0.2, -0.15) is 4.68 Å². The summed E-state index contributed by atoms with van der Waals surface area (Å²) >= 11 is 0. The van der Waals surface area contributed by atoms with Crippen LogP contribution in [0.15, 0.2) is 18.2 Å². The average molecular weight is 188 g/mol. The molecule has 0 fully saturated rings. The lowest BCUT2D eigenvalue weighted by Gasteiger charge is -2.01. The van der Waals surface area contributed by atoms with E-state index in [0.717, 1.165) is 23.2 Å². The summed E-state index contributed by atoms with van der Waals surface area (Å²) in [5, 5.41) is 4.26. The van der Waals surface area contributed by atoms with Crippen LogP contribution in [0.1, 0.15) is 17.3 Å². The van der Waals surface area contributed by atoms with Crippen molar-refractivity contribution in [2.45, 2.75) is 20.8 Å². The number of aromatic nitrogens is 4. The second-order valence-electron chi connectivity index (χ2n) is 3.26. The number of hydrogen-bond donors (Lipinski definition) is 0. The van der Waals surface area contributed by atoms with Gasteiger partial charge in [-0.25, -0.2) is 9.97 Å². The Balaban J connectivity index is 2.54. The van der Waals surface area contributed by atoms with Crippen molar-refractivity contribution in [2.24, 2.45) is 0 Å². The van der Waals surface area contributed by atoms with E-state index in [-0.39, 0.29) is 0 Å². The molecule has 2 aromatic rings. The van der Waals surface area contributed by atoms with Gasteiger partial charge in [-0.05, 0) is 32.9 Å². The molecule has 2 rings (SSSR count). The lowest BCUT2D eigenvalue weighted by atomic mass is 10.4. The third-order valence-corrected chi connectivity index (χ3v) is 1.97. The maximum atomic E-state index is 4.38. The molecule has 0 N–H and O–H groups in total. The number of pyridine rings is 1. The van der Waals surface area contributed by atoms with E-state index in [2.05, 4.69) is 15.1 Å². The maximum absolute atomic E-state index is 4.38. The van der Waals surface area contributed by atoms with E-state index in [1.54, 1.807) is 4.68 Å². The van der Waals surface area contributed by atoms with E-state index in [0.29, 0.717) is 0 Å². The van der Waals surface area contributed by atoms with Gasteiger partial charge in [0.15, 0.2) is 5.82 Å². The minimum Gasteiger partial charge on any atom is -0.234 e. The highest BCUT2D eigenvalue weighted by Crippen LogP contribution is 2.06. The molecule has 4 heteroatoms. The zero-order valence-corrected chi connectivity index (χ0v) is 8.52. The van der Waals surface area contributed by atoms with Gasteiger partial charge in [0.2, 0.25) is 0 Å². The van der Waals surface area contributed by atoms with Crippen LogP contribution in [0.3, 0.4) is 0 Å². The molecule has 0 radical (unpaired) electrons. The summed E-state index contributed by atoms with van der Waals surface area (Å²) in [6.07, 6.45) is 0. The Morgan fingerprint density at radius 1 is 1.07 bits per heavy atom. The summed E-state index contributed by atoms with van der Waals surface area (Å²) < 4.78 is 1.75. The maximum Gasteiger partial charge on any atom is 0.155 e. The van der Waals surface area contributed by atoms with Crippen molar-refractivity contribution in [2.75, 3.05) is 0 Å². The first kappa shape index (κ1) is 8.87. The van der Waals surface area contributed by atoms with Crippen LogP contribution in [0.25, 0.3) is 5.82 Å². The lowest BCUT2D eigenvalue weighted by molar-refractivity contribution is 0.799. The molecule has 0 bridgehead atoms. The van der Waals surface area contributed by atoms with Crippen LogP contribution < -0.4 is 0 Å². The first-order valence-electron chi connectivity index (χ1n) is 4.51. The molecule has 14 heavy (non-hydrogen) atoms. The molecule has 4 nitrogen and oxygen atoms in total. The van der Waals surface area contributed by atoms with Crippen LogP contribution in [0.4, 0.5) is 0 Å². The molecular weight excluding hydrogens is 176 g/mol. The molecule has 0 aliphatic rings. The predicted molar refractivity (Wildman–Crippen MR) is 53.4 cm³/mol. The van der Waals surface area contributed by atoms with Gasteiger partial charge in [0.05, 0.1) is 0 Å². The molecule has 2 heterocycles. The number of aryl methyl sites for hydroxylation is 3. The van der Waals surface area contributed by atoms with Crippen LogP contribution in [0.5, 0.6) is 0 Å². The lowest BCUT2D eigenvalue weighted by Crippen LogP contribution is -2.02. The number of rotatable bonds is 1. The van der Waals surface area contributed by atoms with Crippen molar-refractivity contribution in [3.63, 3.8) is 0 Å². The topological polar surface area (TPSA) is 43.6 Å². The third kappa shape index (κ3) is 1.51. The van der Waals surface area contributed by atoms with Crippen molar-refractivity contribution in [1.29, 1.82) is 0 Å². The zero-order chi connectivity index (χ0) is 10.1. The van der Waals surface area contributed by atoms with Crippen LogP contribution in [-0.4, -0.2) is 19.7 Å². The zero-order valence-electron chi connectivity index (χ0n) is 8.52. The summed E-state index contributed by atoms with van der Waals surface area (Å²) in [6, 6.07) is 5.85. The van der Waals surface area contributed by atoms with Crippen molar-refractivity contribution in [3.8, 4) is 5.82 Å². The van der Waals surface area contributed by atoms with Gasteiger partial charge in [0.25, 0.3) is 0 Å². The minimum absolute atomic E-state index is 0.769. The van der Waals surface area contributed by atoms with E-state index < -0.39 is 0 Å². The van der Waals surface area contributed by atoms with Gasteiger partial charge in [0.1, 0.15) is 11.6 Å². The Bertz CT molecular complexity index is 459. The minimum atomic E-state index is 0.769. The highest BCUT2D eigenvalue weighted by Gasteiger charge is 2.05. The molecule has 72 valence electrons. The smallest absolute Gasteiger partial charge is 0.155 e. The molecule has 0 aliphatic heterocycles. The van der Waals surface area contributed by atoms with Crippen LogP contribution in [-0.2, 0) is 0 Å². The highest BCUT2D eigenvalue weighted by atomic mass is 15.4. The largest absolute Gasteiger partial charge is 0.234 e. The van der Waals surface area contributed by atoms with Crippen LogP contribution in [0, 0.1) is 20.8 Å². The van der Waals surface area contributed by atoms with E-state index in [1.807, 2.05) is 39.0 Å². The predicted octanol–water partition coefficient (Wildman–Crippen LogP) is 1.59. The van der Waals surface area contributed by atoms with Crippen molar-refractivity contribution >= 4 is 0 Å². The Morgan fingerprint density at radius 2 is 1.86 bits per heavy atom. The highest BCUT2D eigenvalue weighted by molar-refractivity contribution is 5.24. The summed E-state index contributed by atoms with van der Waals surface area (Å²) in [6.45, 7) is 5.76. The normalized spacial score (nSPS) is 10.5. The van der Waals surface area contributed by atoms with Gasteiger partial charge < -0.3 is 0 Å². The first-order chi connectivity index (χ1) is 6.66. The monoisotopic (exact) mass is 188 g/mol. The summed E-state index contributed by atoms with van der Waals surface area (Å²) in [5.74, 6) is 2.45. The second-order valence-corrected chi connectivity index (χ2v) is 3.26. The van der Waals surface area contributed by atoms with Gasteiger partial charge in [-0.3, -0.25) is 0 Å². The van der Waals surface area contributed by atoms with Crippen LogP contribution >= 0.6 is 0 Å². The molecule has 2 aromatic heterocycles. The Labute approximate surface area is 82.6 Å². The summed E-state index contributed by atoms with van der Waals surface area (Å²) in [7, 11) is 0. The number of hydrogen-bond acceptors (Lipinski definition) is 3. The van der Waals surface area contributed by atoms with Gasteiger partial charge in [-0.15, -0.1) is 5.10 Å². The quantitative estimate of drug-likeness (QED) is 0.682. The third-order valence-electron chi connectivity index (χ3n) is 1.97. The fourth-order valence-electron chi connectivity index (χ4n) is 1.38. The van der Waals surface area contributed by atoms with Gasteiger partial charge >= 0.3 is 0 Å². The fourth-order valence-corrected chi connectivity index (χ4v) is 1.38. The van der Waals surface area contributed by atoms with Gasteiger partial charge in [-0.1, -0.05) is 6.07 Å². The molecular formula is C10H12N4. The Morgan fingerprint density at radius 3 is 2.43 bits per heavy atom.